The fourth-order valence-electron chi connectivity index (χ4n) is 3.00. The highest BCUT2D eigenvalue weighted by Crippen LogP contribution is 2.13. The van der Waals surface area contributed by atoms with Crippen molar-refractivity contribution >= 4 is 10.4 Å². The molecular formula is C24H44O5S. The lowest BCUT2D eigenvalue weighted by Gasteiger charge is -2.06. The molecule has 5 nitrogen and oxygen atoms in total. The van der Waals surface area contributed by atoms with E-state index in [1.54, 1.807) is 0 Å². The highest BCUT2D eigenvalue weighted by atomic mass is 32.3. The Labute approximate surface area is 185 Å². The van der Waals surface area contributed by atoms with Gasteiger partial charge in [0.15, 0.2) is 0 Å². The van der Waals surface area contributed by atoms with Crippen molar-refractivity contribution in [2.45, 2.75) is 96.8 Å². The van der Waals surface area contributed by atoms with Crippen molar-refractivity contribution in [3.05, 3.63) is 43.5 Å². The summed E-state index contributed by atoms with van der Waals surface area (Å²) in [5.74, 6) is 1.00. The van der Waals surface area contributed by atoms with Crippen LogP contribution in [0.3, 0.4) is 0 Å². The minimum atomic E-state index is -4.67. The molecular weight excluding hydrogens is 400 g/mol. The first-order valence-electron chi connectivity index (χ1n) is 11.3. The Balaban J connectivity index is 0. The highest BCUT2D eigenvalue weighted by molar-refractivity contribution is 7.79. The van der Waals surface area contributed by atoms with Crippen molar-refractivity contribution in [1.29, 1.82) is 0 Å². The van der Waals surface area contributed by atoms with E-state index < -0.39 is 10.4 Å². The van der Waals surface area contributed by atoms with Gasteiger partial charge in [-0.15, -0.1) is 13.2 Å². The van der Waals surface area contributed by atoms with Gasteiger partial charge in [-0.3, -0.25) is 9.11 Å². The zero-order valence-electron chi connectivity index (χ0n) is 18.9. The fraction of sp³-hybridized carbons (Fsp3) is 0.667. The van der Waals surface area contributed by atoms with E-state index in [0.717, 1.165) is 12.4 Å². The summed E-state index contributed by atoms with van der Waals surface area (Å²) >= 11 is 0. The molecule has 0 fully saturated rings. The third-order valence-electron chi connectivity index (χ3n) is 4.51. The second-order valence-electron chi connectivity index (χ2n) is 7.21. The van der Waals surface area contributed by atoms with Crippen LogP contribution in [0, 0.1) is 0 Å². The first-order valence-corrected chi connectivity index (χ1v) is 12.7. The highest BCUT2D eigenvalue weighted by Gasteiger charge is 1.95. The molecule has 0 spiro atoms. The lowest BCUT2D eigenvalue weighted by atomic mass is 10.0. The molecule has 0 unspecified atom stereocenters. The summed E-state index contributed by atoms with van der Waals surface area (Å²) in [5, 5.41) is 0. The summed E-state index contributed by atoms with van der Waals surface area (Å²) in [6, 6.07) is 10.1. The molecule has 0 amide bonds. The van der Waals surface area contributed by atoms with Gasteiger partial charge in [-0.1, -0.05) is 109 Å². The third kappa shape index (κ3) is 31.3. The molecule has 176 valence electrons. The molecule has 0 saturated carbocycles. The summed E-state index contributed by atoms with van der Waals surface area (Å²) in [4.78, 5) is 0. The summed E-state index contributed by atoms with van der Waals surface area (Å²) in [6.45, 7) is 9.15. The van der Waals surface area contributed by atoms with E-state index in [2.05, 4.69) is 20.1 Å². The molecule has 1 rings (SSSR count). The van der Waals surface area contributed by atoms with Gasteiger partial charge in [-0.05, 0) is 18.6 Å². The molecule has 0 aliphatic heterocycles. The summed E-state index contributed by atoms with van der Waals surface area (Å²) in [6.07, 6.45) is 19.7. The van der Waals surface area contributed by atoms with Crippen molar-refractivity contribution in [1.82, 2.24) is 0 Å². The predicted octanol–water partition coefficient (Wildman–Crippen LogP) is 7.70. The first kappa shape index (κ1) is 30.8. The van der Waals surface area contributed by atoms with E-state index in [1.165, 1.54) is 89.9 Å². The first-order chi connectivity index (χ1) is 14.4. The van der Waals surface area contributed by atoms with E-state index in [-0.39, 0.29) is 0 Å². The molecule has 1 aromatic carbocycles. The topological polar surface area (TPSA) is 83.8 Å². The van der Waals surface area contributed by atoms with Crippen LogP contribution in [0.1, 0.15) is 96.8 Å². The van der Waals surface area contributed by atoms with Crippen LogP contribution in [0.25, 0.3) is 0 Å². The second kappa shape index (κ2) is 23.9. The number of ether oxygens (including phenoxy) is 1. The Morgan fingerprint density at radius 2 is 1.03 bits per heavy atom. The Morgan fingerprint density at radius 3 is 1.40 bits per heavy atom. The maximum Gasteiger partial charge on any atom is 0.394 e. The van der Waals surface area contributed by atoms with Gasteiger partial charge in [0.25, 0.3) is 0 Å². The molecule has 1 aromatic rings. The van der Waals surface area contributed by atoms with Crippen LogP contribution in [-0.4, -0.2) is 24.1 Å². The molecule has 0 bridgehead atoms. The lowest BCUT2D eigenvalue weighted by molar-refractivity contribution is 0.304. The number of hydrogen-bond acceptors (Lipinski definition) is 3. The van der Waals surface area contributed by atoms with Crippen molar-refractivity contribution in [2.75, 3.05) is 6.61 Å². The molecule has 0 saturated heterocycles. The number of para-hydroxylation sites is 1. The summed E-state index contributed by atoms with van der Waals surface area (Å²) < 4.78 is 37.3. The molecule has 0 heterocycles. The minimum absolute atomic E-state index is 0.863. The van der Waals surface area contributed by atoms with E-state index >= 15 is 0 Å². The van der Waals surface area contributed by atoms with E-state index in [1.807, 2.05) is 30.3 Å². The number of unbranched alkanes of at least 4 members (excludes halogenated alkanes) is 13. The van der Waals surface area contributed by atoms with Crippen molar-refractivity contribution < 1.29 is 22.3 Å². The molecule has 0 aliphatic rings. The predicted molar refractivity (Wildman–Crippen MR) is 128 cm³/mol. The van der Waals surface area contributed by atoms with Crippen LogP contribution in [0.15, 0.2) is 43.5 Å². The largest absolute Gasteiger partial charge is 0.494 e. The van der Waals surface area contributed by atoms with Crippen molar-refractivity contribution in [3.8, 4) is 5.75 Å². The standard InChI is InChI=1S/C22H38O.C2H4.H2O4S/c1-2-3-4-5-6-7-8-9-10-11-12-13-14-18-21-23-22-19-16-15-17-20-22;1-2;1-5(2,3)4/h15-17,19-20H,2-14,18,21H2,1H3;1-2H2;(H2,1,2,3,4). The lowest BCUT2D eigenvalue weighted by Crippen LogP contribution is -1.96. The fourth-order valence-corrected chi connectivity index (χ4v) is 3.00. The van der Waals surface area contributed by atoms with Crippen LogP contribution < -0.4 is 4.74 Å². The van der Waals surface area contributed by atoms with Gasteiger partial charge in [-0.2, -0.15) is 8.42 Å². The normalized spacial score (nSPS) is 10.4. The van der Waals surface area contributed by atoms with Crippen LogP contribution in [0.4, 0.5) is 0 Å². The van der Waals surface area contributed by atoms with Gasteiger partial charge in [0.05, 0.1) is 6.61 Å². The zero-order chi connectivity index (χ0) is 22.9. The Hall–Kier alpha value is -1.37. The number of rotatable bonds is 16. The smallest absolute Gasteiger partial charge is 0.394 e. The molecule has 30 heavy (non-hydrogen) atoms. The quantitative estimate of drug-likeness (QED) is 0.155. The third-order valence-corrected chi connectivity index (χ3v) is 4.51. The summed E-state index contributed by atoms with van der Waals surface area (Å²) in [7, 11) is -4.67. The minimum Gasteiger partial charge on any atom is -0.494 e. The summed E-state index contributed by atoms with van der Waals surface area (Å²) in [5.41, 5.74) is 0. The Morgan fingerprint density at radius 1 is 0.700 bits per heavy atom. The Bertz CT molecular complexity index is 538. The zero-order valence-corrected chi connectivity index (χ0v) is 19.8. The molecule has 6 heteroatoms. The van der Waals surface area contributed by atoms with Gasteiger partial charge in [0.1, 0.15) is 5.75 Å². The molecule has 2 N–H and O–H groups in total. The van der Waals surface area contributed by atoms with E-state index in [4.69, 9.17) is 22.3 Å². The average molecular weight is 445 g/mol. The van der Waals surface area contributed by atoms with Crippen molar-refractivity contribution in [3.63, 3.8) is 0 Å². The van der Waals surface area contributed by atoms with E-state index in [9.17, 15) is 0 Å². The van der Waals surface area contributed by atoms with Gasteiger partial charge in [0, 0.05) is 0 Å². The number of hydrogen-bond donors (Lipinski definition) is 2. The van der Waals surface area contributed by atoms with Gasteiger partial charge < -0.3 is 4.74 Å². The van der Waals surface area contributed by atoms with Gasteiger partial charge >= 0.3 is 10.4 Å². The molecule has 0 aromatic heterocycles. The van der Waals surface area contributed by atoms with Gasteiger partial charge in [-0.25, -0.2) is 0 Å². The van der Waals surface area contributed by atoms with E-state index in [0.29, 0.717) is 0 Å². The monoisotopic (exact) mass is 444 g/mol. The van der Waals surface area contributed by atoms with Crippen molar-refractivity contribution in [2.24, 2.45) is 0 Å². The Kier molecular flexibility index (Phi) is 24.6. The van der Waals surface area contributed by atoms with Crippen LogP contribution >= 0.6 is 0 Å². The molecule has 0 aliphatic carbocycles. The van der Waals surface area contributed by atoms with Crippen LogP contribution in [0.5, 0.6) is 5.75 Å². The maximum atomic E-state index is 8.74. The van der Waals surface area contributed by atoms with Crippen LogP contribution in [0.2, 0.25) is 0 Å². The molecule has 0 atom stereocenters. The van der Waals surface area contributed by atoms with Gasteiger partial charge in [0.2, 0.25) is 0 Å². The van der Waals surface area contributed by atoms with Crippen LogP contribution in [-0.2, 0) is 10.4 Å². The number of benzene rings is 1. The SMILES string of the molecule is C=C.CCCCCCCCCCCCCCCCOc1ccccc1.O=S(=O)(O)O. The second-order valence-corrected chi connectivity index (χ2v) is 8.10. The maximum absolute atomic E-state index is 8.74. The molecule has 0 radical (unpaired) electrons. The average Bonchev–Trinajstić information content (AvgIpc) is 2.72.